The Morgan fingerprint density at radius 1 is 1.00 bits per heavy atom. The maximum absolute atomic E-state index is 13.3. The molecule has 7 heteroatoms. The summed E-state index contributed by atoms with van der Waals surface area (Å²) in [7, 11) is -3.28. The molecule has 0 spiro atoms. The van der Waals surface area contributed by atoms with Crippen molar-refractivity contribution in [1.29, 1.82) is 0 Å². The van der Waals surface area contributed by atoms with E-state index in [1.807, 2.05) is 35.2 Å². The fourth-order valence-electron chi connectivity index (χ4n) is 2.93. The summed E-state index contributed by atoms with van der Waals surface area (Å²) in [5.74, 6) is -0.341. The Balaban J connectivity index is 1.58. The molecule has 0 saturated carbocycles. The second kappa shape index (κ2) is 7.72. The summed E-state index contributed by atoms with van der Waals surface area (Å²) < 4.78 is 39.9. The smallest absolute Gasteiger partial charge is 0.214 e. The number of halogens is 2. The van der Waals surface area contributed by atoms with Gasteiger partial charge in [0.15, 0.2) is 0 Å². The first-order valence-electron chi connectivity index (χ1n) is 8.17. The van der Waals surface area contributed by atoms with Crippen molar-refractivity contribution < 1.29 is 12.8 Å². The van der Waals surface area contributed by atoms with Crippen LogP contribution in [-0.4, -0.2) is 44.7 Å². The Bertz CT molecular complexity index is 822. The molecule has 2 aromatic carbocycles. The van der Waals surface area contributed by atoms with Crippen LogP contribution in [-0.2, 0) is 16.4 Å². The van der Waals surface area contributed by atoms with E-state index in [1.165, 1.54) is 10.4 Å². The Kier molecular flexibility index (Phi) is 5.61. The van der Waals surface area contributed by atoms with E-state index in [0.717, 1.165) is 11.3 Å². The van der Waals surface area contributed by atoms with Gasteiger partial charge in [0.25, 0.3) is 0 Å². The maximum atomic E-state index is 13.3. The average molecular weight is 383 g/mol. The van der Waals surface area contributed by atoms with E-state index in [-0.39, 0.29) is 10.8 Å². The summed E-state index contributed by atoms with van der Waals surface area (Å²) in [6.45, 7) is 1.97. The molecule has 0 atom stereocenters. The second-order valence-electron chi connectivity index (χ2n) is 6.04. The van der Waals surface area contributed by atoms with Gasteiger partial charge < -0.3 is 4.90 Å². The maximum Gasteiger partial charge on any atom is 0.214 e. The largest absolute Gasteiger partial charge is 0.369 e. The molecule has 0 bridgehead atoms. The lowest BCUT2D eigenvalue weighted by atomic mass is 10.2. The minimum absolute atomic E-state index is 0.0791. The summed E-state index contributed by atoms with van der Waals surface area (Å²) >= 11 is 5.83. The van der Waals surface area contributed by atoms with Crippen LogP contribution in [0.2, 0.25) is 5.02 Å². The highest BCUT2D eigenvalue weighted by atomic mass is 35.5. The number of rotatable bonds is 5. The Morgan fingerprint density at radius 3 is 2.32 bits per heavy atom. The van der Waals surface area contributed by atoms with Crippen molar-refractivity contribution in [2.75, 3.05) is 36.8 Å². The topological polar surface area (TPSA) is 40.6 Å². The summed E-state index contributed by atoms with van der Waals surface area (Å²) in [6.07, 6.45) is 0.511. The minimum Gasteiger partial charge on any atom is -0.369 e. The quantitative estimate of drug-likeness (QED) is 0.797. The van der Waals surface area contributed by atoms with E-state index in [4.69, 9.17) is 11.6 Å². The number of sulfonamides is 1. The first-order chi connectivity index (χ1) is 12.0. The van der Waals surface area contributed by atoms with Gasteiger partial charge in [-0.15, -0.1) is 0 Å². The number of hydrogen-bond donors (Lipinski definition) is 0. The van der Waals surface area contributed by atoms with Crippen LogP contribution in [0, 0.1) is 5.82 Å². The zero-order chi connectivity index (χ0) is 17.9. The summed E-state index contributed by atoms with van der Waals surface area (Å²) in [4.78, 5) is 2.02. The molecule has 1 aliphatic rings. The van der Waals surface area contributed by atoms with Crippen LogP contribution < -0.4 is 4.90 Å². The standard InChI is InChI=1S/C18H20ClFN2O2S/c19-17-14-16(6-7-18(17)20)21-9-11-22(12-10-21)25(23,24)13-8-15-4-2-1-3-5-15/h1-7,14H,8-13H2. The molecule has 1 aliphatic heterocycles. The molecule has 0 amide bonds. The summed E-state index contributed by atoms with van der Waals surface area (Å²) in [6, 6.07) is 14.2. The van der Waals surface area contributed by atoms with Crippen LogP contribution in [0.3, 0.4) is 0 Å². The van der Waals surface area contributed by atoms with Crippen molar-refractivity contribution in [3.05, 3.63) is 64.9 Å². The van der Waals surface area contributed by atoms with E-state index in [2.05, 4.69) is 0 Å². The van der Waals surface area contributed by atoms with E-state index >= 15 is 0 Å². The van der Waals surface area contributed by atoms with Crippen LogP contribution in [0.15, 0.2) is 48.5 Å². The van der Waals surface area contributed by atoms with Gasteiger partial charge in [-0.1, -0.05) is 41.9 Å². The number of nitrogens with zero attached hydrogens (tertiary/aromatic N) is 2. The van der Waals surface area contributed by atoms with E-state index < -0.39 is 15.8 Å². The molecule has 0 radical (unpaired) electrons. The molecule has 0 unspecified atom stereocenters. The van der Waals surface area contributed by atoms with Gasteiger partial charge >= 0.3 is 0 Å². The number of aryl methyl sites for hydroxylation is 1. The van der Waals surface area contributed by atoms with Crippen LogP contribution in [0.5, 0.6) is 0 Å². The van der Waals surface area contributed by atoms with Gasteiger partial charge in [0, 0.05) is 31.9 Å². The molecule has 0 N–H and O–H groups in total. The van der Waals surface area contributed by atoms with Gasteiger partial charge in [0.2, 0.25) is 10.0 Å². The zero-order valence-electron chi connectivity index (χ0n) is 13.7. The Morgan fingerprint density at radius 2 is 1.68 bits per heavy atom. The highest BCUT2D eigenvalue weighted by Gasteiger charge is 2.27. The summed E-state index contributed by atoms with van der Waals surface area (Å²) in [5.41, 5.74) is 1.83. The van der Waals surface area contributed by atoms with Crippen LogP contribution in [0.4, 0.5) is 10.1 Å². The molecule has 1 fully saturated rings. The lowest BCUT2D eigenvalue weighted by Gasteiger charge is -2.35. The highest BCUT2D eigenvalue weighted by Crippen LogP contribution is 2.24. The predicted octanol–water partition coefficient (Wildman–Crippen LogP) is 3.17. The normalized spacial score (nSPS) is 16.2. The zero-order valence-corrected chi connectivity index (χ0v) is 15.3. The van der Waals surface area contributed by atoms with Crippen LogP contribution in [0.25, 0.3) is 0 Å². The third-order valence-corrected chi connectivity index (χ3v) is 6.55. The van der Waals surface area contributed by atoms with E-state index in [1.54, 1.807) is 12.1 Å². The molecular formula is C18H20ClFN2O2S. The van der Waals surface area contributed by atoms with Crippen molar-refractivity contribution in [2.45, 2.75) is 6.42 Å². The van der Waals surface area contributed by atoms with Crippen molar-refractivity contribution in [3.8, 4) is 0 Å². The Labute approximate surface area is 152 Å². The van der Waals surface area contributed by atoms with Crippen molar-refractivity contribution >= 4 is 27.3 Å². The third kappa shape index (κ3) is 4.51. The lowest BCUT2D eigenvalue weighted by Crippen LogP contribution is -2.49. The Hall–Kier alpha value is -1.63. The van der Waals surface area contributed by atoms with Gasteiger partial charge in [0.1, 0.15) is 5.82 Å². The second-order valence-corrected chi connectivity index (χ2v) is 8.53. The van der Waals surface area contributed by atoms with Gasteiger partial charge in [-0.2, -0.15) is 4.31 Å². The molecule has 2 aromatic rings. The predicted molar refractivity (Wildman–Crippen MR) is 99.1 cm³/mol. The van der Waals surface area contributed by atoms with E-state index in [0.29, 0.717) is 32.6 Å². The minimum atomic E-state index is -3.28. The molecular weight excluding hydrogens is 363 g/mol. The van der Waals surface area contributed by atoms with Crippen molar-refractivity contribution in [2.24, 2.45) is 0 Å². The number of anilines is 1. The van der Waals surface area contributed by atoms with Crippen LogP contribution >= 0.6 is 11.6 Å². The fourth-order valence-corrected chi connectivity index (χ4v) is 4.57. The van der Waals surface area contributed by atoms with Crippen LogP contribution in [0.1, 0.15) is 5.56 Å². The van der Waals surface area contributed by atoms with Crippen molar-refractivity contribution in [3.63, 3.8) is 0 Å². The first kappa shape index (κ1) is 18.2. The molecule has 0 aliphatic carbocycles. The molecule has 134 valence electrons. The molecule has 0 aromatic heterocycles. The average Bonchev–Trinajstić information content (AvgIpc) is 2.63. The highest BCUT2D eigenvalue weighted by molar-refractivity contribution is 7.89. The number of piperazine rings is 1. The summed E-state index contributed by atoms with van der Waals surface area (Å²) in [5, 5.41) is 0.0791. The van der Waals surface area contributed by atoms with Gasteiger partial charge in [-0.25, -0.2) is 12.8 Å². The van der Waals surface area contributed by atoms with E-state index in [9.17, 15) is 12.8 Å². The molecule has 1 saturated heterocycles. The number of benzene rings is 2. The van der Waals surface area contributed by atoms with Crippen molar-refractivity contribution in [1.82, 2.24) is 4.31 Å². The van der Waals surface area contributed by atoms with Gasteiger partial charge in [0.05, 0.1) is 10.8 Å². The van der Waals surface area contributed by atoms with Gasteiger partial charge in [-0.3, -0.25) is 0 Å². The molecule has 4 nitrogen and oxygen atoms in total. The molecule has 3 rings (SSSR count). The third-order valence-electron chi connectivity index (χ3n) is 4.39. The molecule has 25 heavy (non-hydrogen) atoms. The SMILES string of the molecule is O=S(=O)(CCc1ccccc1)N1CCN(c2ccc(F)c(Cl)c2)CC1. The fraction of sp³-hybridized carbons (Fsp3) is 0.333. The first-order valence-corrected chi connectivity index (χ1v) is 10.2. The monoisotopic (exact) mass is 382 g/mol. The van der Waals surface area contributed by atoms with Gasteiger partial charge in [-0.05, 0) is 30.2 Å². The number of hydrogen-bond acceptors (Lipinski definition) is 3. The molecule has 1 heterocycles. The lowest BCUT2D eigenvalue weighted by molar-refractivity contribution is 0.385.